The molecule has 0 spiro atoms. The van der Waals surface area contributed by atoms with E-state index in [1.807, 2.05) is 0 Å². The first-order chi connectivity index (χ1) is 13.8. The summed E-state index contributed by atoms with van der Waals surface area (Å²) in [6, 6.07) is 1.31. The minimum absolute atomic E-state index is 0.137. The molecule has 2 heterocycles. The van der Waals surface area contributed by atoms with Gasteiger partial charge < -0.3 is 39.5 Å². The quantitative estimate of drug-likeness (QED) is 0.177. The lowest BCUT2D eigenvalue weighted by molar-refractivity contribution is -0.204. The van der Waals surface area contributed by atoms with E-state index >= 15 is 4.39 Å². The van der Waals surface area contributed by atoms with Crippen LogP contribution in [0.2, 0.25) is 0 Å². The molecule has 3 unspecified atom stereocenters. The van der Waals surface area contributed by atoms with Crippen LogP contribution in [0.4, 0.5) is 4.39 Å². The van der Waals surface area contributed by atoms with Gasteiger partial charge in [0.05, 0.1) is 0 Å². The topological polar surface area (TPSA) is 230 Å². The maximum Gasteiger partial charge on any atom is 0.490 e. The van der Waals surface area contributed by atoms with Crippen molar-refractivity contribution in [3.05, 3.63) is 21.7 Å². The van der Waals surface area contributed by atoms with Gasteiger partial charge in [0.1, 0.15) is 23.0 Å². The van der Waals surface area contributed by atoms with E-state index in [-0.39, 0.29) is 9.41 Å². The van der Waals surface area contributed by atoms with Gasteiger partial charge in [-0.15, -0.1) is 0 Å². The van der Waals surface area contributed by atoms with Gasteiger partial charge in [0.25, 0.3) is 5.85 Å². The molecule has 31 heavy (non-hydrogen) atoms. The number of hydrogen-bond acceptors (Lipinski definition) is 11. The number of H-pyrrole nitrogens is 1. The van der Waals surface area contributed by atoms with Crippen LogP contribution in [0.3, 0.4) is 0 Å². The monoisotopic (exact) mass is 548 g/mol. The number of nitrogens with zero attached hydrogens (tertiary/aromatic N) is 1. The molecule has 1 saturated heterocycles. The Morgan fingerprint density at radius 3 is 2.32 bits per heavy atom. The van der Waals surface area contributed by atoms with E-state index in [1.54, 1.807) is 0 Å². The smallest absolute Gasteiger partial charge is 0.384 e. The number of nitrogens with one attached hydrogen (secondary N) is 1. The predicted octanol–water partition coefficient (Wildman–Crippen LogP) is 0.925. The fraction of sp³-hybridized carbons (Fsp3) is 0.600. The summed E-state index contributed by atoms with van der Waals surface area (Å²) in [5.41, 5.74) is -2.39. The van der Waals surface area contributed by atoms with E-state index in [0.29, 0.717) is 0 Å². The number of rotatable bonds is 8. The van der Waals surface area contributed by atoms with Gasteiger partial charge in [-0.05, 0) is 25.2 Å². The summed E-state index contributed by atoms with van der Waals surface area (Å²) in [6.07, 6.45) is -2.90. The molecule has 15 nitrogen and oxygen atoms in total. The second-order valence-electron chi connectivity index (χ2n) is 6.27. The zero-order valence-corrected chi connectivity index (χ0v) is 19.4. The number of aromatic nitrogens is 2. The van der Waals surface area contributed by atoms with Crippen LogP contribution in [0.25, 0.3) is 0 Å². The van der Waals surface area contributed by atoms with Crippen molar-refractivity contribution >= 4 is 47.9 Å². The van der Waals surface area contributed by atoms with Crippen molar-refractivity contribution in [2.45, 2.75) is 30.7 Å². The Morgan fingerprint density at radius 2 is 1.81 bits per heavy atom. The van der Waals surface area contributed by atoms with E-state index < -0.39 is 53.9 Å². The second-order valence-corrected chi connectivity index (χ2v) is 11.5. The summed E-state index contributed by atoms with van der Waals surface area (Å²) in [6.45, 7) is -0.696. The van der Waals surface area contributed by atoms with Crippen molar-refractivity contribution in [1.29, 1.82) is 0 Å². The molecule has 0 bridgehead atoms. The molecule has 178 valence electrons. The number of ether oxygens (including phenoxy) is 1. The lowest BCUT2D eigenvalue weighted by Crippen LogP contribution is -2.49. The third kappa shape index (κ3) is 6.63. The SMILES string of the molecule is CC1(O)[C@@H](O)[C@@](F)(COP(=O)(O)OP(=O)(O)OP(=O)(O)O)O[C@H]1n1ccc(=S)[nH]c1=S. The first-order valence-electron chi connectivity index (χ1n) is 7.65. The molecule has 7 N–H and O–H groups in total. The van der Waals surface area contributed by atoms with Crippen LogP contribution in [0.5, 0.6) is 0 Å². The lowest BCUT2D eigenvalue weighted by atomic mass is 9.95. The summed E-state index contributed by atoms with van der Waals surface area (Å²) < 4.78 is 66.0. The highest BCUT2D eigenvalue weighted by molar-refractivity contribution is 7.72. The van der Waals surface area contributed by atoms with E-state index in [2.05, 4.69) is 18.1 Å². The summed E-state index contributed by atoms with van der Waals surface area (Å²) in [5.74, 6) is -3.39. The molecular weight excluding hydrogens is 532 g/mol. The zero-order chi connectivity index (χ0) is 24.0. The third-order valence-electron chi connectivity index (χ3n) is 3.71. The van der Waals surface area contributed by atoms with Gasteiger partial charge in [0, 0.05) is 6.20 Å². The Morgan fingerprint density at radius 1 is 1.23 bits per heavy atom. The van der Waals surface area contributed by atoms with Crippen LogP contribution in [-0.2, 0) is 31.6 Å². The van der Waals surface area contributed by atoms with Gasteiger partial charge in [-0.1, -0.05) is 12.2 Å². The minimum Gasteiger partial charge on any atom is -0.384 e. The number of aromatic amines is 1. The summed E-state index contributed by atoms with van der Waals surface area (Å²) >= 11 is 9.85. The minimum atomic E-state index is -5.84. The number of phosphoric ester groups is 1. The highest BCUT2D eigenvalue weighted by atomic mass is 32.1. The van der Waals surface area contributed by atoms with Gasteiger partial charge in [-0.3, -0.25) is 9.09 Å². The van der Waals surface area contributed by atoms with Crippen molar-refractivity contribution in [2.75, 3.05) is 6.61 Å². The Kier molecular flexibility index (Phi) is 7.69. The van der Waals surface area contributed by atoms with Crippen LogP contribution in [0.1, 0.15) is 13.2 Å². The molecule has 21 heteroatoms. The number of halogens is 1. The first kappa shape index (κ1) is 27.0. The third-order valence-corrected chi connectivity index (χ3v) is 8.05. The second kappa shape index (κ2) is 8.83. The van der Waals surface area contributed by atoms with Crippen molar-refractivity contribution in [1.82, 2.24) is 9.55 Å². The zero-order valence-electron chi connectivity index (χ0n) is 15.0. The van der Waals surface area contributed by atoms with E-state index in [1.165, 1.54) is 12.3 Å². The van der Waals surface area contributed by atoms with Crippen molar-refractivity contribution in [3.8, 4) is 0 Å². The Hall–Kier alpha value is -0.260. The van der Waals surface area contributed by atoms with Crippen LogP contribution in [0, 0.1) is 9.41 Å². The number of hydrogen-bond donors (Lipinski definition) is 7. The van der Waals surface area contributed by atoms with Gasteiger partial charge in [0.15, 0.2) is 11.0 Å². The van der Waals surface area contributed by atoms with Gasteiger partial charge in [-0.2, -0.15) is 8.62 Å². The molecule has 1 aliphatic rings. The number of aliphatic hydroxyl groups excluding tert-OH is 1. The van der Waals surface area contributed by atoms with Crippen LogP contribution < -0.4 is 0 Å². The standard InChI is InChI=1S/C10H16FN2O13P3S2/c1-9(15)6(14)10(11,24-7(9)13-3-2-5(30)12-8(13)31)4-23-28(19,20)26-29(21,22)25-27(16,17)18/h2-3,6-7,14-15H,4H2,1H3,(H,19,20)(H,21,22)(H,12,30,31)(H2,16,17,18)/t6-,7-,9?,10-/m1/s1. The fourth-order valence-electron chi connectivity index (χ4n) is 2.48. The van der Waals surface area contributed by atoms with E-state index in [9.17, 15) is 28.8 Å². The molecule has 6 atom stereocenters. The predicted molar refractivity (Wildman–Crippen MR) is 101 cm³/mol. The maximum absolute atomic E-state index is 15.2. The summed E-state index contributed by atoms with van der Waals surface area (Å²) in [4.78, 5) is 38.0. The molecule has 0 radical (unpaired) electrons. The van der Waals surface area contributed by atoms with Gasteiger partial charge >= 0.3 is 23.5 Å². The first-order valence-corrected chi connectivity index (χ1v) is 13.0. The average Bonchev–Trinajstić information content (AvgIpc) is 2.71. The molecule has 0 saturated carbocycles. The Balaban J connectivity index is 2.22. The highest BCUT2D eigenvalue weighted by Gasteiger charge is 2.63. The van der Waals surface area contributed by atoms with E-state index in [4.69, 9.17) is 43.9 Å². The number of aliphatic hydroxyl groups is 2. The Labute approximate surface area is 182 Å². The van der Waals surface area contributed by atoms with Gasteiger partial charge in [0.2, 0.25) is 0 Å². The van der Waals surface area contributed by atoms with Crippen molar-refractivity contribution in [3.63, 3.8) is 0 Å². The van der Waals surface area contributed by atoms with Crippen LogP contribution in [-0.4, -0.2) is 63.5 Å². The molecule has 1 aliphatic heterocycles. The summed E-state index contributed by atoms with van der Waals surface area (Å²) in [5, 5.41) is 20.7. The molecule has 1 aromatic heterocycles. The van der Waals surface area contributed by atoms with Gasteiger partial charge in [-0.25, -0.2) is 18.1 Å². The molecule has 0 amide bonds. The largest absolute Gasteiger partial charge is 0.490 e. The molecule has 1 aromatic rings. The normalized spacial score (nSPS) is 33.0. The van der Waals surface area contributed by atoms with Crippen molar-refractivity contribution in [2.24, 2.45) is 0 Å². The number of alkyl halides is 1. The average molecular weight is 548 g/mol. The molecule has 2 rings (SSSR count). The number of phosphoric acid groups is 3. The molecule has 1 fully saturated rings. The van der Waals surface area contributed by atoms with Crippen molar-refractivity contribution < 1.29 is 65.8 Å². The molecular formula is C10H16FN2O13P3S2. The Bertz CT molecular complexity index is 1100. The van der Waals surface area contributed by atoms with Crippen LogP contribution in [0.15, 0.2) is 12.3 Å². The maximum atomic E-state index is 15.2. The highest BCUT2D eigenvalue weighted by Crippen LogP contribution is 2.66. The van der Waals surface area contributed by atoms with Crippen LogP contribution >= 0.6 is 47.9 Å². The van der Waals surface area contributed by atoms with E-state index in [0.717, 1.165) is 11.5 Å². The summed E-state index contributed by atoms with van der Waals surface area (Å²) in [7, 11) is -17.2. The fourth-order valence-corrected chi connectivity index (χ4v) is 6.00. The molecule has 0 aliphatic carbocycles. The lowest BCUT2D eigenvalue weighted by Gasteiger charge is -2.28. The molecule has 0 aromatic carbocycles.